The zero-order valence-corrected chi connectivity index (χ0v) is 13.3. The van der Waals surface area contributed by atoms with E-state index in [9.17, 15) is 4.79 Å². The van der Waals surface area contributed by atoms with Crippen molar-refractivity contribution in [3.63, 3.8) is 0 Å². The molecule has 2 unspecified atom stereocenters. The predicted molar refractivity (Wildman–Crippen MR) is 83.1 cm³/mol. The molecule has 2 atom stereocenters. The van der Waals surface area contributed by atoms with Crippen molar-refractivity contribution in [1.82, 2.24) is 0 Å². The Morgan fingerprint density at radius 3 is 2.79 bits per heavy atom. The monoisotopic (exact) mass is 262 g/mol. The maximum atomic E-state index is 11.9. The fourth-order valence-electron chi connectivity index (χ4n) is 2.86. The molecule has 0 aromatic heterocycles. The molecule has 0 spiro atoms. The van der Waals surface area contributed by atoms with E-state index in [2.05, 4.69) is 46.8 Å². The lowest BCUT2D eigenvalue weighted by Crippen LogP contribution is -2.26. The van der Waals surface area contributed by atoms with E-state index < -0.39 is 0 Å². The second kappa shape index (κ2) is 7.07. The number of allylic oxidation sites excluding steroid dienone is 4. The molecule has 0 aromatic rings. The quantitative estimate of drug-likeness (QED) is 0.467. The normalized spacial score (nSPS) is 24.3. The smallest absolute Gasteiger partial charge is 0.155 e. The van der Waals surface area contributed by atoms with Crippen molar-refractivity contribution in [3.05, 3.63) is 23.8 Å². The molecule has 0 radical (unpaired) electrons. The van der Waals surface area contributed by atoms with E-state index in [1.54, 1.807) is 0 Å². The summed E-state index contributed by atoms with van der Waals surface area (Å²) in [6.07, 6.45) is 11.6. The molecule has 0 fully saturated rings. The fraction of sp³-hybridized carbons (Fsp3) is 0.722. The number of ketones is 1. The molecule has 0 bridgehead atoms. The first-order chi connectivity index (χ1) is 8.86. The molecule has 1 heteroatoms. The molecule has 19 heavy (non-hydrogen) atoms. The second-order valence-corrected chi connectivity index (χ2v) is 6.83. The maximum Gasteiger partial charge on any atom is 0.155 e. The lowest BCUT2D eigenvalue weighted by atomic mass is 9.68. The van der Waals surface area contributed by atoms with Crippen LogP contribution in [-0.4, -0.2) is 5.78 Å². The van der Waals surface area contributed by atoms with E-state index in [4.69, 9.17) is 0 Å². The molecule has 0 saturated carbocycles. The van der Waals surface area contributed by atoms with E-state index in [1.807, 2.05) is 6.08 Å². The van der Waals surface area contributed by atoms with Gasteiger partial charge in [-0.1, -0.05) is 51.8 Å². The molecule has 1 nitrogen and oxygen atoms in total. The van der Waals surface area contributed by atoms with Gasteiger partial charge in [-0.3, -0.25) is 4.79 Å². The van der Waals surface area contributed by atoms with Crippen LogP contribution in [0.4, 0.5) is 0 Å². The fourth-order valence-corrected chi connectivity index (χ4v) is 2.86. The molecule has 1 rings (SSSR count). The number of hydrogen-bond donors (Lipinski definition) is 0. The van der Waals surface area contributed by atoms with Gasteiger partial charge in [-0.25, -0.2) is 0 Å². The van der Waals surface area contributed by atoms with Crippen LogP contribution in [0, 0.1) is 17.3 Å². The van der Waals surface area contributed by atoms with E-state index >= 15 is 0 Å². The van der Waals surface area contributed by atoms with Gasteiger partial charge in [0, 0.05) is 12.3 Å². The molecule has 0 heterocycles. The Hall–Kier alpha value is -0.850. The van der Waals surface area contributed by atoms with Crippen LogP contribution < -0.4 is 0 Å². The first-order valence-corrected chi connectivity index (χ1v) is 7.74. The highest BCUT2D eigenvalue weighted by Gasteiger charge is 2.30. The van der Waals surface area contributed by atoms with Crippen LogP contribution in [0.3, 0.4) is 0 Å². The molecular formula is C18H30O. The van der Waals surface area contributed by atoms with Crippen LogP contribution in [0.5, 0.6) is 0 Å². The number of carbonyl (C=O) groups excluding carboxylic acids is 1. The lowest BCUT2D eigenvalue weighted by molar-refractivity contribution is -0.114. The molecule has 0 N–H and O–H groups in total. The summed E-state index contributed by atoms with van der Waals surface area (Å²) in [4.78, 5) is 11.9. The summed E-state index contributed by atoms with van der Waals surface area (Å²) < 4.78 is 0. The summed E-state index contributed by atoms with van der Waals surface area (Å²) in [5.41, 5.74) is 1.70. The summed E-state index contributed by atoms with van der Waals surface area (Å²) >= 11 is 0. The minimum Gasteiger partial charge on any atom is -0.295 e. The van der Waals surface area contributed by atoms with Crippen molar-refractivity contribution in [2.45, 2.75) is 66.7 Å². The van der Waals surface area contributed by atoms with Gasteiger partial charge in [0.25, 0.3) is 0 Å². The van der Waals surface area contributed by atoms with Crippen LogP contribution in [0.2, 0.25) is 0 Å². The minimum atomic E-state index is 0.284. The standard InChI is InChI=1S/C18H30O/c1-6-14(2)9-10-16(19)11-12-17-15(3)8-7-13-18(17,4)5/h8,11-12,14,17H,6-7,9-10,13H2,1-5H3/b12-11+. The summed E-state index contributed by atoms with van der Waals surface area (Å²) in [7, 11) is 0. The third-order valence-corrected chi connectivity index (χ3v) is 4.64. The van der Waals surface area contributed by atoms with Gasteiger partial charge in [0.05, 0.1) is 0 Å². The number of rotatable bonds is 6. The predicted octanol–water partition coefficient (Wildman–Crippen LogP) is 5.32. The maximum absolute atomic E-state index is 11.9. The molecule has 108 valence electrons. The van der Waals surface area contributed by atoms with Gasteiger partial charge in [0.2, 0.25) is 0 Å². The van der Waals surface area contributed by atoms with Crippen molar-refractivity contribution in [1.29, 1.82) is 0 Å². The van der Waals surface area contributed by atoms with Gasteiger partial charge < -0.3 is 0 Å². The molecule has 0 amide bonds. The van der Waals surface area contributed by atoms with Gasteiger partial charge in [0.1, 0.15) is 0 Å². The van der Waals surface area contributed by atoms with Gasteiger partial charge in [-0.15, -0.1) is 0 Å². The Labute approximate surface area is 119 Å². The van der Waals surface area contributed by atoms with Crippen LogP contribution >= 0.6 is 0 Å². The van der Waals surface area contributed by atoms with E-state index in [0.29, 0.717) is 18.3 Å². The minimum absolute atomic E-state index is 0.284. The summed E-state index contributed by atoms with van der Waals surface area (Å²) in [6.45, 7) is 11.2. The third kappa shape index (κ3) is 4.97. The van der Waals surface area contributed by atoms with Crippen molar-refractivity contribution < 1.29 is 4.79 Å². The lowest BCUT2D eigenvalue weighted by Gasteiger charge is -2.36. The molecule has 1 aliphatic carbocycles. The highest BCUT2D eigenvalue weighted by atomic mass is 16.1. The number of hydrogen-bond acceptors (Lipinski definition) is 1. The Bertz CT molecular complexity index is 360. The highest BCUT2D eigenvalue weighted by molar-refractivity contribution is 5.89. The van der Waals surface area contributed by atoms with Gasteiger partial charge in [-0.2, -0.15) is 0 Å². The second-order valence-electron chi connectivity index (χ2n) is 6.83. The van der Waals surface area contributed by atoms with Gasteiger partial charge >= 0.3 is 0 Å². The van der Waals surface area contributed by atoms with Gasteiger partial charge in [-0.05, 0) is 43.6 Å². The van der Waals surface area contributed by atoms with Crippen LogP contribution in [0.15, 0.2) is 23.8 Å². The summed E-state index contributed by atoms with van der Waals surface area (Å²) in [5, 5.41) is 0. The van der Waals surface area contributed by atoms with Crippen molar-refractivity contribution in [2.75, 3.05) is 0 Å². The van der Waals surface area contributed by atoms with E-state index in [-0.39, 0.29) is 11.2 Å². The Balaban J connectivity index is 2.57. The Morgan fingerprint density at radius 1 is 1.53 bits per heavy atom. The van der Waals surface area contributed by atoms with Gasteiger partial charge in [0.15, 0.2) is 5.78 Å². The molecule has 0 aliphatic heterocycles. The zero-order chi connectivity index (χ0) is 14.5. The van der Waals surface area contributed by atoms with Crippen LogP contribution in [0.1, 0.15) is 66.7 Å². The number of carbonyl (C=O) groups is 1. The van der Waals surface area contributed by atoms with Crippen LogP contribution in [0.25, 0.3) is 0 Å². The average Bonchev–Trinajstić information content (AvgIpc) is 2.34. The summed E-state index contributed by atoms with van der Waals surface area (Å²) in [6, 6.07) is 0. The Kier molecular flexibility index (Phi) is 6.03. The van der Waals surface area contributed by atoms with Crippen LogP contribution in [-0.2, 0) is 4.79 Å². The first kappa shape index (κ1) is 16.2. The van der Waals surface area contributed by atoms with Crippen molar-refractivity contribution in [3.8, 4) is 0 Å². The van der Waals surface area contributed by atoms with E-state index in [1.165, 1.54) is 18.4 Å². The molecule has 1 aliphatic rings. The van der Waals surface area contributed by atoms with E-state index in [0.717, 1.165) is 12.8 Å². The van der Waals surface area contributed by atoms with Crippen molar-refractivity contribution in [2.24, 2.45) is 17.3 Å². The Morgan fingerprint density at radius 2 is 2.21 bits per heavy atom. The SMILES string of the molecule is CCC(C)CCC(=O)/C=C/C1C(C)=CCCC1(C)C. The largest absolute Gasteiger partial charge is 0.295 e. The molecule has 0 aromatic carbocycles. The topological polar surface area (TPSA) is 17.1 Å². The average molecular weight is 262 g/mol. The molecule has 0 saturated heterocycles. The third-order valence-electron chi connectivity index (χ3n) is 4.64. The first-order valence-electron chi connectivity index (χ1n) is 7.74. The summed E-state index contributed by atoms with van der Waals surface area (Å²) in [5.74, 6) is 1.37. The highest BCUT2D eigenvalue weighted by Crippen LogP contribution is 2.41. The molecular weight excluding hydrogens is 232 g/mol. The van der Waals surface area contributed by atoms with Crippen molar-refractivity contribution >= 4 is 5.78 Å². The zero-order valence-electron chi connectivity index (χ0n) is 13.3.